The number of amides is 1. The van der Waals surface area contributed by atoms with Crippen LogP contribution in [-0.2, 0) is 0 Å². The van der Waals surface area contributed by atoms with Crippen molar-refractivity contribution in [1.29, 1.82) is 0 Å². The molecule has 2 fully saturated rings. The van der Waals surface area contributed by atoms with E-state index in [2.05, 4.69) is 21.6 Å². The van der Waals surface area contributed by atoms with Crippen LogP contribution < -0.4 is 9.64 Å². The molecule has 1 atom stereocenters. The number of imidazole rings is 1. The lowest BCUT2D eigenvalue weighted by Crippen LogP contribution is -2.34. The van der Waals surface area contributed by atoms with Gasteiger partial charge in [-0.15, -0.1) is 0 Å². The number of aromatic carboxylic acids is 1. The molecule has 218 valence electrons. The molecule has 1 unspecified atom stereocenters. The summed E-state index contributed by atoms with van der Waals surface area (Å²) in [6.45, 7) is 1.55. The predicted molar refractivity (Wildman–Crippen MR) is 165 cm³/mol. The van der Waals surface area contributed by atoms with Gasteiger partial charge in [0.1, 0.15) is 18.2 Å². The van der Waals surface area contributed by atoms with Crippen LogP contribution in [0.4, 0.5) is 5.69 Å². The number of nitrogens with zero attached hydrogens (tertiary/aromatic N) is 4. The molecule has 3 aromatic carbocycles. The summed E-state index contributed by atoms with van der Waals surface area (Å²) in [7, 11) is 3.53. The minimum absolute atomic E-state index is 0.00521. The number of carbonyl (C=O) groups is 2. The first-order chi connectivity index (χ1) is 20.4. The van der Waals surface area contributed by atoms with Gasteiger partial charge in [0.2, 0.25) is 0 Å². The number of anilines is 1. The van der Waals surface area contributed by atoms with Crippen LogP contribution in [0.5, 0.6) is 5.75 Å². The highest BCUT2D eigenvalue weighted by molar-refractivity contribution is 5.94. The lowest BCUT2D eigenvalue weighted by Gasteiger charge is -2.27. The Labute approximate surface area is 246 Å². The monoisotopic (exact) mass is 566 g/mol. The van der Waals surface area contributed by atoms with Gasteiger partial charge in [-0.2, -0.15) is 0 Å². The number of aromatic nitrogens is 2. The molecule has 2 aliphatic rings. The summed E-state index contributed by atoms with van der Waals surface area (Å²) in [5.41, 5.74) is 4.76. The fourth-order valence-corrected chi connectivity index (χ4v) is 6.44. The smallest absolute Gasteiger partial charge is 0.335 e. The number of hydrogen-bond acceptors (Lipinski definition) is 5. The van der Waals surface area contributed by atoms with Crippen molar-refractivity contribution in [2.24, 2.45) is 0 Å². The number of fused-ring (bicyclic) bond motifs is 1. The van der Waals surface area contributed by atoms with Gasteiger partial charge in [0.25, 0.3) is 5.91 Å². The molecule has 6 rings (SSSR count). The molecule has 1 aliphatic carbocycles. The number of ether oxygens (including phenoxy) is 1. The quantitative estimate of drug-likeness (QED) is 0.257. The molecule has 0 bridgehead atoms. The van der Waals surface area contributed by atoms with Crippen molar-refractivity contribution in [3.05, 3.63) is 77.9 Å². The van der Waals surface area contributed by atoms with Crippen LogP contribution in [-0.4, -0.2) is 64.7 Å². The first kappa shape index (κ1) is 27.8. The molecule has 0 spiro atoms. The summed E-state index contributed by atoms with van der Waals surface area (Å²) in [4.78, 5) is 32.8. The first-order valence-corrected chi connectivity index (χ1v) is 15.0. The summed E-state index contributed by atoms with van der Waals surface area (Å²) in [6, 6.07) is 21.9. The zero-order valence-corrected chi connectivity index (χ0v) is 24.3. The summed E-state index contributed by atoms with van der Waals surface area (Å²) < 4.78 is 8.60. The number of rotatable bonds is 8. The second-order valence-electron chi connectivity index (χ2n) is 11.7. The number of carbonyl (C=O) groups excluding carboxylic acids is 1. The van der Waals surface area contributed by atoms with Gasteiger partial charge in [-0.3, -0.25) is 4.79 Å². The normalized spacial score (nSPS) is 17.5. The van der Waals surface area contributed by atoms with Gasteiger partial charge in [-0.05, 0) is 92.4 Å². The van der Waals surface area contributed by atoms with Crippen molar-refractivity contribution in [2.45, 2.75) is 57.0 Å². The SMILES string of the molecule is CN(C)C(=O)c1ccc(N2CCCC2COc2ccc(-c3nc4cc(C(=O)O)ccc4n3C3CCCCC3)cc2)cc1. The first-order valence-electron chi connectivity index (χ1n) is 15.0. The van der Waals surface area contributed by atoms with Crippen LogP contribution >= 0.6 is 0 Å². The van der Waals surface area contributed by atoms with E-state index >= 15 is 0 Å². The third kappa shape index (κ3) is 5.58. The second kappa shape index (κ2) is 11.9. The zero-order valence-electron chi connectivity index (χ0n) is 24.3. The lowest BCUT2D eigenvalue weighted by molar-refractivity contribution is 0.0696. The predicted octanol–water partition coefficient (Wildman–Crippen LogP) is 6.66. The van der Waals surface area contributed by atoms with E-state index in [1.807, 2.05) is 42.5 Å². The number of hydrogen-bond donors (Lipinski definition) is 1. The maximum Gasteiger partial charge on any atom is 0.335 e. The molecule has 1 aliphatic heterocycles. The molecule has 1 amide bonds. The summed E-state index contributed by atoms with van der Waals surface area (Å²) >= 11 is 0. The third-order valence-electron chi connectivity index (χ3n) is 8.66. The highest BCUT2D eigenvalue weighted by atomic mass is 16.5. The number of benzene rings is 3. The topological polar surface area (TPSA) is 87.9 Å². The van der Waals surface area contributed by atoms with Crippen LogP contribution in [0, 0.1) is 0 Å². The Kier molecular flexibility index (Phi) is 7.87. The highest BCUT2D eigenvalue weighted by Gasteiger charge is 2.26. The fraction of sp³-hybridized carbons (Fsp3) is 0.382. The molecule has 8 heteroatoms. The molecule has 1 saturated heterocycles. The molecule has 1 N–H and O–H groups in total. The van der Waals surface area contributed by atoms with Gasteiger partial charge in [0, 0.05) is 43.5 Å². The summed E-state index contributed by atoms with van der Waals surface area (Å²) in [6.07, 6.45) is 8.01. The highest BCUT2D eigenvalue weighted by Crippen LogP contribution is 2.37. The average molecular weight is 567 g/mol. The molecule has 1 aromatic heterocycles. The van der Waals surface area contributed by atoms with Crippen molar-refractivity contribution >= 4 is 28.6 Å². The summed E-state index contributed by atoms with van der Waals surface area (Å²) in [5, 5.41) is 9.51. The van der Waals surface area contributed by atoms with E-state index in [0.29, 0.717) is 18.2 Å². The van der Waals surface area contributed by atoms with E-state index in [0.717, 1.165) is 66.1 Å². The fourth-order valence-electron chi connectivity index (χ4n) is 6.44. The second-order valence-corrected chi connectivity index (χ2v) is 11.7. The Morgan fingerprint density at radius 2 is 1.62 bits per heavy atom. The minimum Gasteiger partial charge on any atom is -0.491 e. The van der Waals surface area contributed by atoms with Crippen molar-refractivity contribution in [3.63, 3.8) is 0 Å². The van der Waals surface area contributed by atoms with Gasteiger partial charge >= 0.3 is 5.97 Å². The van der Waals surface area contributed by atoms with Gasteiger partial charge in [-0.1, -0.05) is 19.3 Å². The molecule has 1 saturated carbocycles. The molecule has 42 heavy (non-hydrogen) atoms. The summed E-state index contributed by atoms with van der Waals surface area (Å²) in [5.74, 6) is 0.755. The minimum atomic E-state index is -0.940. The zero-order chi connectivity index (χ0) is 29.2. The van der Waals surface area contributed by atoms with Gasteiger partial charge < -0.3 is 24.2 Å². The van der Waals surface area contributed by atoms with Crippen LogP contribution in [0.3, 0.4) is 0 Å². The Bertz CT molecular complexity index is 1570. The standard InChI is InChI=1S/C34H38N4O4/c1-36(2)33(39)24-10-15-26(16-11-24)37-20-6-9-28(37)22-42-29-17-12-23(13-18-29)32-35-30-21-25(34(40)41)14-19-31(30)38(32)27-7-4-3-5-8-27/h10-19,21,27-28H,3-9,20,22H2,1-2H3,(H,40,41). The molecular weight excluding hydrogens is 528 g/mol. The van der Waals surface area contributed by atoms with Crippen LogP contribution in [0.15, 0.2) is 66.7 Å². The Balaban J connectivity index is 1.18. The van der Waals surface area contributed by atoms with Crippen LogP contribution in [0.2, 0.25) is 0 Å². The van der Waals surface area contributed by atoms with Crippen molar-refractivity contribution < 1.29 is 19.4 Å². The average Bonchev–Trinajstić information content (AvgIpc) is 3.65. The maximum absolute atomic E-state index is 12.3. The van der Waals surface area contributed by atoms with E-state index in [4.69, 9.17) is 9.72 Å². The van der Waals surface area contributed by atoms with Crippen LogP contribution in [0.25, 0.3) is 22.4 Å². The van der Waals surface area contributed by atoms with Crippen molar-refractivity contribution in [2.75, 3.05) is 32.1 Å². The van der Waals surface area contributed by atoms with E-state index in [1.54, 1.807) is 31.1 Å². The van der Waals surface area contributed by atoms with Gasteiger partial charge in [-0.25, -0.2) is 9.78 Å². The van der Waals surface area contributed by atoms with Gasteiger partial charge in [0.05, 0.1) is 22.6 Å². The lowest BCUT2D eigenvalue weighted by atomic mass is 9.95. The van der Waals surface area contributed by atoms with Crippen molar-refractivity contribution in [3.8, 4) is 17.1 Å². The number of carboxylic acids is 1. The van der Waals surface area contributed by atoms with E-state index in [-0.39, 0.29) is 17.5 Å². The molecule has 4 aromatic rings. The van der Waals surface area contributed by atoms with Gasteiger partial charge in [0.15, 0.2) is 0 Å². The largest absolute Gasteiger partial charge is 0.491 e. The van der Waals surface area contributed by atoms with Crippen LogP contribution in [0.1, 0.15) is 71.7 Å². The molecule has 2 heterocycles. The third-order valence-corrected chi connectivity index (χ3v) is 8.66. The maximum atomic E-state index is 12.3. The van der Waals surface area contributed by atoms with Crippen molar-refractivity contribution in [1.82, 2.24) is 14.5 Å². The van der Waals surface area contributed by atoms with E-state index in [1.165, 1.54) is 19.3 Å². The molecular formula is C34H38N4O4. The number of carboxylic acid groups (broad SMARTS) is 1. The molecule has 8 nitrogen and oxygen atoms in total. The van der Waals surface area contributed by atoms with E-state index in [9.17, 15) is 14.7 Å². The Hall–Kier alpha value is -4.33. The Morgan fingerprint density at radius 1 is 0.905 bits per heavy atom. The Morgan fingerprint density at radius 3 is 2.31 bits per heavy atom. The molecule has 0 radical (unpaired) electrons. The van der Waals surface area contributed by atoms with E-state index < -0.39 is 5.97 Å².